The maximum absolute atomic E-state index is 12.0. The average molecular weight is 419 g/mol. The van der Waals surface area contributed by atoms with Gasteiger partial charge in [-0.05, 0) is 23.4 Å². The highest BCUT2D eigenvalue weighted by Gasteiger charge is 2.11. The molecule has 0 spiro atoms. The summed E-state index contributed by atoms with van der Waals surface area (Å²) < 4.78 is 0.652. The number of anilines is 1. The number of amides is 2. The summed E-state index contributed by atoms with van der Waals surface area (Å²) in [6.45, 7) is 0.601. The van der Waals surface area contributed by atoms with Gasteiger partial charge in [-0.25, -0.2) is 0 Å². The van der Waals surface area contributed by atoms with E-state index in [2.05, 4.69) is 20.8 Å². The second kappa shape index (κ2) is 10.2. The number of thioether (sulfide) groups is 1. The second-order valence-corrected chi connectivity index (χ2v) is 8.78. The molecular weight excluding hydrogens is 400 g/mol. The monoisotopic (exact) mass is 418 g/mol. The molecule has 0 aliphatic carbocycles. The van der Waals surface area contributed by atoms with Gasteiger partial charge in [0.25, 0.3) is 0 Å². The number of hydrogen-bond acceptors (Lipinski definition) is 7. The summed E-state index contributed by atoms with van der Waals surface area (Å²) in [6.07, 6.45) is 1.13. The Hall–Kier alpha value is -2.23. The Morgan fingerprint density at radius 3 is 2.67 bits per heavy atom. The number of nitrogens with one attached hydrogen (secondary N) is 2. The SMILES string of the molecule is O=C(CSc1nnc(NC(=O)Cc2cccs2)s1)NCCc1ccccc1. The summed E-state index contributed by atoms with van der Waals surface area (Å²) in [5.74, 6) is 0.102. The van der Waals surface area contributed by atoms with Gasteiger partial charge >= 0.3 is 0 Å². The number of benzene rings is 1. The van der Waals surface area contributed by atoms with Crippen LogP contribution >= 0.6 is 34.4 Å². The van der Waals surface area contributed by atoms with E-state index in [1.807, 2.05) is 47.8 Å². The van der Waals surface area contributed by atoms with Crippen LogP contribution < -0.4 is 10.6 Å². The lowest BCUT2D eigenvalue weighted by molar-refractivity contribution is -0.118. The molecule has 9 heteroatoms. The highest BCUT2D eigenvalue weighted by atomic mass is 32.2. The maximum atomic E-state index is 12.0. The molecule has 3 aromatic rings. The highest BCUT2D eigenvalue weighted by Crippen LogP contribution is 2.25. The molecular formula is C18H18N4O2S3. The fourth-order valence-electron chi connectivity index (χ4n) is 2.22. The first-order chi connectivity index (χ1) is 13.2. The smallest absolute Gasteiger partial charge is 0.231 e. The molecule has 6 nitrogen and oxygen atoms in total. The van der Waals surface area contributed by atoms with E-state index in [1.54, 1.807) is 11.3 Å². The largest absolute Gasteiger partial charge is 0.355 e. The zero-order valence-corrected chi connectivity index (χ0v) is 16.8. The van der Waals surface area contributed by atoms with Crippen LogP contribution in [0.15, 0.2) is 52.2 Å². The molecule has 2 amide bonds. The van der Waals surface area contributed by atoms with Gasteiger partial charge in [-0.3, -0.25) is 9.59 Å². The standard InChI is InChI=1S/C18H18N4O2S3/c23-15(11-14-7-4-10-25-14)20-17-21-22-18(27-17)26-12-16(24)19-9-8-13-5-2-1-3-6-13/h1-7,10H,8-9,11-12H2,(H,19,24)(H,20,21,23). The molecule has 2 N–H and O–H groups in total. The van der Waals surface area contributed by atoms with Crippen molar-refractivity contribution in [2.75, 3.05) is 17.6 Å². The third-order valence-electron chi connectivity index (χ3n) is 3.47. The molecule has 0 atom stereocenters. The lowest BCUT2D eigenvalue weighted by atomic mass is 10.1. The number of nitrogens with zero attached hydrogens (tertiary/aromatic N) is 2. The van der Waals surface area contributed by atoms with Gasteiger partial charge in [-0.1, -0.05) is 59.5 Å². The Morgan fingerprint density at radius 2 is 1.89 bits per heavy atom. The number of aromatic nitrogens is 2. The molecule has 0 fully saturated rings. The first-order valence-corrected chi connectivity index (χ1v) is 11.0. The maximum Gasteiger partial charge on any atom is 0.231 e. The lowest BCUT2D eigenvalue weighted by Gasteiger charge is -2.04. The van der Waals surface area contributed by atoms with Crippen molar-refractivity contribution in [3.8, 4) is 0 Å². The van der Waals surface area contributed by atoms with Gasteiger partial charge < -0.3 is 10.6 Å². The minimum absolute atomic E-state index is 0.0468. The summed E-state index contributed by atoms with van der Waals surface area (Å²) >= 11 is 4.12. The van der Waals surface area contributed by atoms with Crippen molar-refractivity contribution < 1.29 is 9.59 Å². The molecule has 0 saturated heterocycles. The van der Waals surface area contributed by atoms with Crippen LogP contribution in [0.4, 0.5) is 5.13 Å². The molecule has 0 radical (unpaired) electrons. The minimum Gasteiger partial charge on any atom is -0.355 e. The number of hydrogen-bond donors (Lipinski definition) is 2. The predicted octanol–water partition coefficient (Wildman–Crippen LogP) is 3.23. The van der Waals surface area contributed by atoms with Crippen molar-refractivity contribution in [1.29, 1.82) is 0 Å². The van der Waals surface area contributed by atoms with Gasteiger partial charge in [-0.2, -0.15) is 0 Å². The number of thiophene rings is 1. The Bertz CT molecular complexity index is 866. The van der Waals surface area contributed by atoms with Crippen LogP contribution in [0.25, 0.3) is 0 Å². The highest BCUT2D eigenvalue weighted by molar-refractivity contribution is 8.01. The number of carbonyl (C=O) groups excluding carboxylic acids is 2. The molecule has 0 saturated carbocycles. The van der Waals surface area contributed by atoms with Crippen LogP contribution in [0, 0.1) is 0 Å². The fraction of sp³-hybridized carbons (Fsp3) is 0.222. The molecule has 0 unspecified atom stereocenters. The molecule has 3 rings (SSSR count). The Labute approximate surface area is 169 Å². The fourth-order valence-corrected chi connectivity index (χ4v) is 4.52. The normalized spacial score (nSPS) is 10.5. The lowest BCUT2D eigenvalue weighted by Crippen LogP contribution is -2.27. The van der Waals surface area contributed by atoms with Gasteiger partial charge in [0, 0.05) is 11.4 Å². The first kappa shape index (κ1) is 19.5. The van der Waals surface area contributed by atoms with Gasteiger partial charge in [0.2, 0.25) is 16.9 Å². The van der Waals surface area contributed by atoms with Gasteiger partial charge in [0.1, 0.15) is 0 Å². The van der Waals surface area contributed by atoms with Crippen molar-refractivity contribution in [2.45, 2.75) is 17.2 Å². The van der Waals surface area contributed by atoms with Crippen molar-refractivity contribution in [3.63, 3.8) is 0 Å². The summed E-state index contributed by atoms with van der Waals surface area (Å²) in [5.41, 5.74) is 1.19. The van der Waals surface area contributed by atoms with Crippen molar-refractivity contribution in [1.82, 2.24) is 15.5 Å². The van der Waals surface area contributed by atoms with E-state index < -0.39 is 0 Å². The van der Waals surface area contributed by atoms with Gasteiger partial charge in [0.05, 0.1) is 12.2 Å². The van der Waals surface area contributed by atoms with Crippen LogP contribution in [0.5, 0.6) is 0 Å². The van der Waals surface area contributed by atoms with Crippen molar-refractivity contribution in [2.24, 2.45) is 0 Å². The molecule has 1 aromatic carbocycles. The van der Waals surface area contributed by atoms with Gasteiger partial charge in [-0.15, -0.1) is 21.5 Å². The summed E-state index contributed by atoms with van der Waals surface area (Å²) in [5, 5.41) is 16.0. The van der Waals surface area contributed by atoms with E-state index in [4.69, 9.17) is 0 Å². The van der Waals surface area contributed by atoms with Crippen molar-refractivity contribution in [3.05, 3.63) is 58.3 Å². The van der Waals surface area contributed by atoms with Gasteiger partial charge in [0.15, 0.2) is 4.34 Å². The molecule has 0 bridgehead atoms. The second-order valence-electron chi connectivity index (χ2n) is 5.55. The van der Waals surface area contributed by atoms with E-state index in [0.717, 1.165) is 11.3 Å². The molecule has 2 heterocycles. The van der Waals surface area contributed by atoms with Crippen LogP contribution in [0.3, 0.4) is 0 Å². The van der Waals surface area contributed by atoms with E-state index in [0.29, 0.717) is 22.4 Å². The first-order valence-electron chi connectivity index (χ1n) is 8.28. The van der Waals surface area contributed by atoms with E-state index in [1.165, 1.54) is 28.7 Å². The molecule has 27 heavy (non-hydrogen) atoms. The van der Waals surface area contributed by atoms with Crippen LogP contribution in [0.2, 0.25) is 0 Å². The Morgan fingerprint density at radius 1 is 1.04 bits per heavy atom. The zero-order valence-electron chi connectivity index (χ0n) is 14.4. The van der Waals surface area contributed by atoms with E-state index >= 15 is 0 Å². The molecule has 140 valence electrons. The summed E-state index contributed by atoms with van der Waals surface area (Å²) in [6, 6.07) is 13.9. The van der Waals surface area contributed by atoms with Crippen LogP contribution in [0.1, 0.15) is 10.4 Å². The molecule has 2 aromatic heterocycles. The van der Waals surface area contributed by atoms with Crippen LogP contribution in [-0.2, 0) is 22.4 Å². The topological polar surface area (TPSA) is 84.0 Å². The minimum atomic E-state index is -0.121. The average Bonchev–Trinajstić information content (AvgIpc) is 3.33. The quantitative estimate of drug-likeness (QED) is 0.412. The Kier molecular flexibility index (Phi) is 7.37. The number of rotatable bonds is 9. The zero-order chi connectivity index (χ0) is 18.9. The van der Waals surface area contributed by atoms with Crippen molar-refractivity contribution >= 4 is 51.4 Å². The third kappa shape index (κ3) is 6.78. The molecule has 0 aliphatic rings. The Balaban J connectivity index is 1.36. The molecule has 0 aliphatic heterocycles. The predicted molar refractivity (Wildman–Crippen MR) is 110 cm³/mol. The van der Waals surface area contributed by atoms with E-state index in [9.17, 15) is 9.59 Å². The van der Waals surface area contributed by atoms with E-state index in [-0.39, 0.29) is 17.6 Å². The summed E-state index contributed by atoms with van der Waals surface area (Å²) in [7, 11) is 0. The summed E-state index contributed by atoms with van der Waals surface area (Å²) in [4.78, 5) is 24.9. The van der Waals surface area contributed by atoms with Crippen LogP contribution in [-0.4, -0.2) is 34.3 Å². The number of carbonyl (C=O) groups is 2. The third-order valence-corrected chi connectivity index (χ3v) is 6.32.